The number of thiol groups is 2. The van der Waals surface area contributed by atoms with Crippen molar-refractivity contribution < 1.29 is 37.3 Å². The normalized spacial score (nSPS) is 11.3. The molecule has 0 aliphatic rings. The summed E-state index contributed by atoms with van der Waals surface area (Å²) in [6.07, 6.45) is 8.34. The van der Waals surface area contributed by atoms with Crippen LogP contribution in [0.25, 0.3) is 0 Å². The van der Waals surface area contributed by atoms with Gasteiger partial charge in [0, 0.05) is 0 Å². The number of rotatable bonds is 8. The highest BCUT2D eigenvalue weighted by Crippen LogP contribution is 1.98. The molecule has 0 heterocycles. The van der Waals surface area contributed by atoms with E-state index in [0.717, 1.165) is 11.5 Å². The van der Waals surface area contributed by atoms with E-state index >= 15 is 0 Å². The molecule has 0 aliphatic carbocycles. The third kappa shape index (κ3) is 58.5. The third-order valence-electron chi connectivity index (χ3n) is 1.90. The molecule has 0 radical (unpaired) electrons. The zero-order chi connectivity index (χ0) is 23.1. The van der Waals surface area contributed by atoms with E-state index in [9.17, 15) is 9.59 Å². The molecule has 2 atom stereocenters. The van der Waals surface area contributed by atoms with E-state index in [2.05, 4.69) is 25.3 Å². The molecule has 0 aromatic rings. The summed E-state index contributed by atoms with van der Waals surface area (Å²) in [5, 5.41) is 16.5. The first-order chi connectivity index (χ1) is 12.4. The van der Waals surface area contributed by atoms with E-state index in [-0.39, 0.29) is 0 Å². The highest BCUT2D eigenvalue weighted by atomic mass is 32.3. The van der Waals surface area contributed by atoms with Crippen LogP contribution in [0.2, 0.25) is 0 Å². The van der Waals surface area contributed by atoms with Crippen LogP contribution in [0.5, 0.6) is 0 Å². The number of hydrogen-bond donors (Lipinski definition) is 8. The largest absolute Gasteiger partial charge is 0.480 e. The maximum Gasteiger partial charge on any atom is 0.394 e. The number of carbonyl (C=O) groups is 2. The predicted molar refractivity (Wildman–Crippen MR) is 121 cm³/mol. The van der Waals surface area contributed by atoms with Crippen molar-refractivity contribution in [3.8, 4) is 0 Å². The highest BCUT2D eigenvalue weighted by Gasteiger charge is 2.09. The molecule has 0 saturated heterocycles. The van der Waals surface area contributed by atoms with Gasteiger partial charge in [-0.1, -0.05) is 0 Å². The monoisotopic (exact) mass is 492 g/mol. The molecule has 0 aromatic carbocycles. The molecule has 0 aromatic heterocycles. The van der Waals surface area contributed by atoms with Crippen LogP contribution in [0.3, 0.4) is 0 Å². The average Bonchev–Trinajstić information content (AvgIpc) is 2.59. The van der Waals surface area contributed by atoms with Crippen LogP contribution in [0.4, 0.5) is 0 Å². The van der Waals surface area contributed by atoms with Gasteiger partial charge in [0.25, 0.3) is 0 Å². The van der Waals surface area contributed by atoms with Crippen molar-refractivity contribution >= 4 is 71.1 Å². The zero-order valence-corrected chi connectivity index (χ0v) is 19.9. The first kappa shape index (κ1) is 37.8. The molecule has 0 saturated carbocycles. The topological polar surface area (TPSA) is 201 Å². The van der Waals surface area contributed by atoms with E-state index in [1.807, 2.05) is 12.5 Å². The number of thioether (sulfide) groups is 2. The number of aliphatic carboxylic acids is 2. The Morgan fingerprint density at radius 2 is 1.04 bits per heavy atom. The quantitative estimate of drug-likeness (QED) is 0.175. The van der Waals surface area contributed by atoms with Gasteiger partial charge in [-0.05, 0) is 49.4 Å². The van der Waals surface area contributed by atoms with Gasteiger partial charge in [-0.25, -0.2) is 0 Å². The van der Waals surface area contributed by atoms with Gasteiger partial charge in [-0.2, -0.15) is 57.2 Å². The Morgan fingerprint density at radius 1 is 0.852 bits per heavy atom. The molecule has 8 N–H and O–H groups in total. The molecule has 0 aliphatic heterocycles. The summed E-state index contributed by atoms with van der Waals surface area (Å²) >= 11 is 10.3. The Balaban J connectivity index is -0.0000000844. The molecule has 168 valence electrons. The molecular formula is C12H32N2O8S5. The van der Waals surface area contributed by atoms with Crippen molar-refractivity contribution in [1.29, 1.82) is 0 Å². The molecule has 0 spiro atoms. The van der Waals surface area contributed by atoms with Gasteiger partial charge in [0.2, 0.25) is 0 Å². The van der Waals surface area contributed by atoms with Crippen molar-refractivity contribution in [1.82, 2.24) is 0 Å². The maximum absolute atomic E-state index is 10.1. The second-order valence-electron chi connectivity index (χ2n) is 3.90. The Hall–Kier alpha value is 0.130. The number of carboxylic acid groups (broad SMARTS) is 2. The fraction of sp³-hybridized carbons (Fsp3) is 0.833. The summed E-state index contributed by atoms with van der Waals surface area (Å²) in [7, 11) is -4.67. The van der Waals surface area contributed by atoms with Crippen molar-refractivity contribution in [2.24, 2.45) is 11.5 Å². The molecule has 10 nitrogen and oxygen atoms in total. The first-order valence-electron chi connectivity index (χ1n) is 6.90. The molecular weight excluding hydrogens is 460 g/mol. The second kappa shape index (κ2) is 28.3. The summed E-state index contributed by atoms with van der Waals surface area (Å²) in [5.41, 5.74) is 10.4. The fourth-order valence-electron chi connectivity index (χ4n) is 0.737. The minimum atomic E-state index is -4.67. The number of hydrogen-bond acceptors (Lipinski definition) is 10. The molecule has 0 amide bonds. The predicted octanol–water partition coefficient (Wildman–Crippen LogP) is 0.742. The van der Waals surface area contributed by atoms with Crippen LogP contribution in [0.1, 0.15) is 12.8 Å². The van der Waals surface area contributed by atoms with E-state index in [1.165, 1.54) is 0 Å². The summed E-state index contributed by atoms with van der Waals surface area (Å²) in [4.78, 5) is 20.1. The minimum absolute atomic E-state index is 0.552. The summed E-state index contributed by atoms with van der Waals surface area (Å²) in [6.45, 7) is 0. The van der Waals surface area contributed by atoms with Gasteiger partial charge in [-0.15, -0.1) is 0 Å². The van der Waals surface area contributed by atoms with E-state index in [0.29, 0.717) is 12.8 Å². The average molecular weight is 493 g/mol. The Morgan fingerprint density at radius 3 is 1.15 bits per heavy atom. The standard InChI is InChI=1S/2C5H11NO2S.2CH4S.H2O4S/c2*1-9-3-2-4(6)5(7)8;2*1-2;1-5(2,3)4/h2*4H,2-3,6H2,1H3,(H,7,8);2*2H,1H3;(H2,1,2,3,4). The van der Waals surface area contributed by atoms with E-state index in [4.69, 9.17) is 39.2 Å². The second-order valence-corrected chi connectivity index (χ2v) is 6.77. The lowest BCUT2D eigenvalue weighted by Gasteiger charge is -2.02. The smallest absolute Gasteiger partial charge is 0.394 e. The molecule has 0 fully saturated rings. The lowest BCUT2D eigenvalue weighted by Crippen LogP contribution is -2.30. The molecule has 15 heteroatoms. The van der Waals surface area contributed by atoms with Gasteiger partial charge >= 0.3 is 22.3 Å². The summed E-state index contributed by atoms with van der Waals surface area (Å²) in [6, 6.07) is -1.37. The minimum Gasteiger partial charge on any atom is -0.480 e. The lowest BCUT2D eigenvalue weighted by atomic mass is 10.2. The number of nitrogens with two attached hydrogens (primary N) is 2. The SMILES string of the molecule is CS.CS.CSCCC(N)C(=O)O.CSCCC(N)C(=O)O.O=S(=O)(O)O. The van der Waals surface area contributed by atoms with Crippen LogP contribution in [0.15, 0.2) is 0 Å². The van der Waals surface area contributed by atoms with E-state index < -0.39 is 34.4 Å². The van der Waals surface area contributed by atoms with Gasteiger partial charge < -0.3 is 21.7 Å². The van der Waals surface area contributed by atoms with Crippen molar-refractivity contribution in [3.63, 3.8) is 0 Å². The number of carboxylic acids is 2. The Labute approximate surface area is 181 Å². The van der Waals surface area contributed by atoms with Crippen LogP contribution in [0, 0.1) is 0 Å². The Kier molecular flexibility index (Phi) is 39.7. The fourth-order valence-corrected chi connectivity index (χ4v) is 1.72. The zero-order valence-electron chi connectivity index (χ0n) is 15.7. The van der Waals surface area contributed by atoms with Gasteiger partial charge in [0.1, 0.15) is 12.1 Å². The highest BCUT2D eigenvalue weighted by molar-refractivity contribution is 7.98. The van der Waals surface area contributed by atoms with Crippen molar-refractivity contribution in [2.75, 3.05) is 36.5 Å². The molecule has 2 unspecified atom stereocenters. The van der Waals surface area contributed by atoms with Crippen molar-refractivity contribution in [2.45, 2.75) is 24.9 Å². The summed E-state index contributed by atoms with van der Waals surface area (Å²) < 4.78 is 31.6. The Bertz CT molecular complexity index is 394. The molecule has 0 bridgehead atoms. The summed E-state index contributed by atoms with van der Waals surface area (Å²) in [5.74, 6) is -0.200. The first-order valence-corrected chi connectivity index (χ1v) is 12.9. The van der Waals surface area contributed by atoms with Crippen LogP contribution in [-0.2, 0) is 20.0 Å². The maximum atomic E-state index is 10.1. The van der Waals surface area contributed by atoms with E-state index in [1.54, 1.807) is 36.0 Å². The van der Waals surface area contributed by atoms with Gasteiger partial charge in [-0.3, -0.25) is 18.7 Å². The molecule has 0 rings (SSSR count). The van der Waals surface area contributed by atoms with Crippen LogP contribution < -0.4 is 11.5 Å². The van der Waals surface area contributed by atoms with Crippen LogP contribution in [-0.4, -0.2) is 88.3 Å². The lowest BCUT2D eigenvalue weighted by molar-refractivity contribution is -0.139. The van der Waals surface area contributed by atoms with Crippen molar-refractivity contribution in [3.05, 3.63) is 0 Å². The van der Waals surface area contributed by atoms with Gasteiger partial charge in [0.05, 0.1) is 0 Å². The van der Waals surface area contributed by atoms with Gasteiger partial charge in [0.15, 0.2) is 0 Å². The van der Waals surface area contributed by atoms with Crippen LogP contribution >= 0.6 is 48.8 Å². The molecule has 27 heavy (non-hydrogen) atoms. The third-order valence-corrected chi connectivity index (χ3v) is 3.19.